The van der Waals surface area contributed by atoms with Crippen LogP contribution < -0.4 is 10.6 Å². The molecule has 2 unspecified atom stereocenters. The number of aliphatic hydroxyl groups excluding tert-OH is 1. The zero-order chi connectivity index (χ0) is 23.5. The molecule has 0 aromatic carbocycles. The number of rotatable bonds is 12. The van der Waals surface area contributed by atoms with Crippen molar-refractivity contribution in [2.45, 2.75) is 61.0 Å². The van der Waals surface area contributed by atoms with Gasteiger partial charge in [0.2, 0.25) is 11.8 Å². The third-order valence-electron chi connectivity index (χ3n) is 3.13. The van der Waals surface area contributed by atoms with Gasteiger partial charge in [-0.3, -0.25) is 9.59 Å². The predicted octanol–water partition coefficient (Wildman–Crippen LogP) is 1.95. The lowest BCUT2D eigenvalue weighted by Gasteiger charge is -2.29. The molecule has 0 saturated heterocycles. The molecule has 0 radical (unpaired) electrons. The smallest absolute Gasteiger partial charge is 0.329 e. The first kappa shape index (κ1) is 32.3. The predicted molar refractivity (Wildman–Crippen MR) is 115 cm³/mol. The monoisotopic (exact) mass is 441 g/mol. The third-order valence-corrected chi connectivity index (χ3v) is 3.79. The molecule has 0 rings (SSSR count). The summed E-state index contributed by atoms with van der Waals surface area (Å²) in [6.07, 6.45) is -1.31. The lowest BCUT2D eigenvalue weighted by Crippen LogP contribution is -2.46. The number of nitrogens with one attached hydrogen (secondary N) is 2. The van der Waals surface area contributed by atoms with Crippen LogP contribution in [0.15, 0.2) is 5.16 Å². The van der Waals surface area contributed by atoms with E-state index in [1.165, 1.54) is 14.2 Å². The van der Waals surface area contributed by atoms with E-state index in [1.807, 2.05) is 27.7 Å². The standard InChI is InChI=1S/C14H28N3O7P.2C2H6/c1-10(17-22-4)8-16-11(18)6-7-15-13(20)12(19)14(2,3)9-24-25(21)23-5;2*1-2/h12,19,21H,6-9H2,1-5H3,(H,15,20)(H,16,18);2*1-2H3/b17-10+;;. The molecule has 0 aromatic rings. The van der Waals surface area contributed by atoms with Gasteiger partial charge < -0.3 is 34.5 Å². The van der Waals surface area contributed by atoms with Crippen molar-refractivity contribution >= 4 is 26.1 Å². The molecule has 0 bridgehead atoms. The third kappa shape index (κ3) is 17.3. The quantitative estimate of drug-likeness (QED) is 0.206. The van der Waals surface area contributed by atoms with Gasteiger partial charge in [0.05, 0.1) is 18.9 Å². The molecule has 0 spiro atoms. The topological polar surface area (TPSA) is 139 Å². The molecular weight excluding hydrogens is 401 g/mol. The van der Waals surface area contributed by atoms with Crippen molar-refractivity contribution in [3.05, 3.63) is 0 Å². The van der Waals surface area contributed by atoms with Crippen LogP contribution in [0.3, 0.4) is 0 Å². The summed E-state index contributed by atoms with van der Waals surface area (Å²) in [4.78, 5) is 37.4. The summed E-state index contributed by atoms with van der Waals surface area (Å²) in [5, 5.41) is 18.8. The van der Waals surface area contributed by atoms with Gasteiger partial charge in [0.15, 0.2) is 0 Å². The number of aliphatic hydroxyl groups is 1. The minimum atomic E-state index is -2.03. The van der Waals surface area contributed by atoms with Gasteiger partial charge in [0.25, 0.3) is 0 Å². The fourth-order valence-electron chi connectivity index (χ4n) is 1.61. The molecule has 0 aliphatic heterocycles. The number of hydrogen-bond donors (Lipinski definition) is 4. The van der Waals surface area contributed by atoms with Crippen LogP contribution in [0.5, 0.6) is 0 Å². The van der Waals surface area contributed by atoms with Crippen LogP contribution in [0.1, 0.15) is 54.9 Å². The molecule has 29 heavy (non-hydrogen) atoms. The van der Waals surface area contributed by atoms with E-state index in [9.17, 15) is 19.6 Å². The van der Waals surface area contributed by atoms with E-state index in [4.69, 9.17) is 4.52 Å². The molecule has 174 valence electrons. The molecule has 2 atom stereocenters. The minimum Gasteiger partial charge on any atom is -0.399 e. The van der Waals surface area contributed by atoms with E-state index < -0.39 is 26.0 Å². The van der Waals surface area contributed by atoms with Crippen LogP contribution in [-0.4, -0.2) is 67.5 Å². The van der Waals surface area contributed by atoms with Gasteiger partial charge >= 0.3 is 8.60 Å². The lowest BCUT2D eigenvalue weighted by atomic mass is 9.87. The SMILES string of the molecule is CC.CC.CO/N=C(\C)CNC(=O)CCNC(=O)C(O)C(C)(C)COP(O)OC. The second-order valence-corrected chi connectivity index (χ2v) is 7.01. The van der Waals surface area contributed by atoms with Crippen molar-refractivity contribution in [2.75, 3.05) is 33.9 Å². The van der Waals surface area contributed by atoms with Crippen molar-refractivity contribution in [3.63, 3.8) is 0 Å². The molecule has 10 nitrogen and oxygen atoms in total. The Morgan fingerprint density at radius 1 is 1.14 bits per heavy atom. The van der Waals surface area contributed by atoms with Gasteiger partial charge in [0.1, 0.15) is 13.2 Å². The Kier molecular flexibility index (Phi) is 22.3. The van der Waals surface area contributed by atoms with Gasteiger partial charge in [-0.1, -0.05) is 46.7 Å². The fourth-order valence-corrected chi connectivity index (χ4v) is 2.16. The zero-order valence-corrected chi connectivity index (χ0v) is 20.1. The molecule has 0 aliphatic rings. The molecule has 0 aliphatic carbocycles. The molecule has 0 aromatic heterocycles. The van der Waals surface area contributed by atoms with Crippen molar-refractivity contribution < 1.29 is 33.5 Å². The van der Waals surface area contributed by atoms with Crippen LogP contribution in [0, 0.1) is 5.41 Å². The Morgan fingerprint density at radius 3 is 2.17 bits per heavy atom. The number of carbonyl (C=O) groups excluding carboxylic acids is 2. The zero-order valence-electron chi connectivity index (χ0n) is 19.2. The molecule has 0 saturated carbocycles. The summed E-state index contributed by atoms with van der Waals surface area (Å²) in [6.45, 7) is 13.2. The average Bonchev–Trinajstić information content (AvgIpc) is 2.72. The van der Waals surface area contributed by atoms with Crippen molar-refractivity contribution in [1.82, 2.24) is 10.6 Å². The molecule has 4 N–H and O–H groups in total. The highest BCUT2D eigenvalue weighted by atomic mass is 31.2. The highest BCUT2D eigenvalue weighted by molar-refractivity contribution is 7.40. The van der Waals surface area contributed by atoms with E-state index >= 15 is 0 Å². The molecule has 11 heteroatoms. The first-order valence-corrected chi connectivity index (χ1v) is 10.7. The maximum atomic E-state index is 12.0. The Morgan fingerprint density at radius 2 is 1.69 bits per heavy atom. The number of amides is 2. The van der Waals surface area contributed by atoms with Crippen molar-refractivity contribution in [3.8, 4) is 0 Å². The highest BCUT2D eigenvalue weighted by Gasteiger charge is 2.34. The van der Waals surface area contributed by atoms with Gasteiger partial charge in [0, 0.05) is 25.5 Å². The second-order valence-electron chi connectivity index (χ2n) is 5.91. The van der Waals surface area contributed by atoms with Gasteiger partial charge in [-0.15, -0.1) is 0 Å². The van der Waals surface area contributed by atoms with E-state index in [2.05, 4.69) is 25.2 Å². The van der Waals surface area contributed by atoms with Gasteiger partial charge in [-0.25, -0.2) is 0 Å². The second kappa shape index (κ2) is 20.0. The minimum absolute atomic E-state index is 0.0568. The Balaban J connectivity index is -0.00000158. The highest BCUT2D eigenvalue weighted by Crippen LogP contribution is 2.35. The Labute approximate surface area is 176 Å². The van der Waals surface area contributed by atoms with Crippen LogP contribution >= 0.6 is 8.60 Å². The summed E-state index contributed by atoms with van der Waals surface area (Å²) in [5.41, 5.74) is -0.334. The van der Waals surface area contributed by atoms with E-state index in [1.54, 1.807) is 20.8 Å². The molecule has 2 amide bonds. The van der Waals surface area contributed by atoms with E-state index in [0.717, 1.165) is 0 Å². The lowest BCUT2D eigenvalue weighted by molar-refractivity contribution is -0.136. The maximum Gasteiger partial charge on any atom is 0.329 e. The van der Waals surface area contributed by atoms with Crippen LogP contribution in [0.4, 0.5) is 0 Å². The number of oxime groups is 1. The van der Waals surface area contributed by atoms with Gasteiger partial charge in [-0.05, 0) is 6.92 Å². The molecule has 0 heterocycles. The number of nitrogens with zero attached hydrogens (tertiary/aromatic N) is 1. The first-order valence-electron chi connectivity index (χ1n) is 9.59. The van der Waals surface area contributed by atoms with Crippen molar-refractivity contribution in [1.29, 1.82) is 0 Å². The maximum absolute atomic E-state index is 12.0. The summed E-state index contributed by atoms with van der Waals surface area (Å²) >= 11 is 0. The van der Waals surface area contributed by atoms with E-state index in [-0.39, 0.29) is 32.0 Å². The van der Waals surface area contributed by atoms with E-state index in [0.29, 0.717) is 5.71 Å². The van der Waals surface area contributed by atoms with Crippen LogP contribution in [0.25, 0.3) is 0 Å². The summed E-state index contributed by atoms with van der Waals surface area (Å²) in [6, 6.07) is 0. The average molecular weight is 442 g/mol. The molecule has 0 fully saturated rings. The number of hydrogen-bond acceptors (Lipinski definition) is 8. The number of carbonyl (C=O) groups is 2. The van der Waals surface area contributed by atoms with Crippen LogP contribution in [-0.2, 0) is 23.5 Å². The summed E-state index contributed by atoms with van der Waals surface area (Å²) in [5.74, 6) is -0.896. The Hall–Kier alpha value is -1.32. The summed E-state index contributed by atoms with van der Waals surface area (Å²) < 4.78 is 9.60. The fraction of sp³-hybridized carbons (Fsp3) is 0.833. The largest absolute Gasteiger partial charge is 0.399 e. The Bertz CT molecular complexity index is 463. The van der Waals surface area contributed by atoms with Gasteiger partial charge in [-0.2, -0.15) is 0 Å². The van der Waals surface area contributed by atoms with Crippen LogP contribution in [0.2, 0.25) is 0 Å². The molecular formula is C18H40N3O7P. The normalized spacial score (nSPS) is 13.0. The first-order chi connectivity index (χ1) is 13.6. The summed E-state index contributed by atoms with van der Waals surface area (Å²) in [7, 11) is 0.666. The van der Waals surface area contributed by atoms with Crippen molar-refractivity contribution in [2.24, 2.45) is 10.6 Å².